The number of fused-ring (bicyclic) bond motifs is 1. The van der Waals surface area contributed by atoms with Gasteiger partial charge in [0, 0.05) is 34.8 Å². The molecule has 0 amide bonds. The normalized spacial score (nSPS) is 10.9. The Balaban J connectivity index is 2.08. The number of rotatable bonds is 4. The van der Waals surface area contributed by atoms with Gasteiger partial charge in [-0.15, -0.1) is 0 Å². The van der Waals surface area contributed by atoms with E-state index in [-0.39, 0.29) is 0 Å². The summed E-state index contributed by atoms with van der Waals surface area (Å²) in [6.07, 6.45) is 2.03. The van der Waals surface area contributed by atoms with Gasteiger partial charge in [-0.3, -0.25) is 0 Å². The van der Waals surface area contributed by atoms with Gasteiger partial charge < -0.3 is 16.0 Å². The zero-order valence-corrected chi connectivity index (χ0v) is 12.6. The summed E-state index contributed by atoms with van der Waals surface area (Å²) in [5, 5.41) is 4.37. The van der Waals surface area contributed by atoms with Crippen molar-refractivity contribution in [2.24, 2.45) is 5.73 Å². The van der Waals surface area contributed by atoms with Crippen LogP contribution in [0.4, 0.5) is 0 Å². The van der Waals surface area contributed by atoms with Gasteiger partial charge in [-0.1, -0.05) is 42.5 Å². The fourth-order valence-electron chi connectivity index (χ4n) is 2.57. The maximum atomic E-state index is 5.72. The minimum atomic E-state index is 0.424. The van der Waals surface area contributed by atoms with Crippen molar-refractivity contribution in [2.75, 3.05) is 7.05 Å². The molecule has 0 aliphatic rings. The molecule has 0 atom stereocenters. The molecule has 3 aromatic rings. The van der Waals surface area contributed by atoms with Crippen LogP contribution in [0.3, 0.4) is 0 Å². The molecule has 0 bridgehead atoms. The number of aromatic nitrogens is 1. The minimum Gasteiger partial charge on any atom is -0.389 e. The van der Waals surface area contributed by atoms with Gasteiger partial charge in [0.1, 0.15) is 4.99 Å². The maximum Gasteiger partial charge on any atom is 0.104 e. The molecule has 0 fully saturated rings. The van der Waals surface area contributed by atoms with Crippen LogP contribution in [0.2, 0.25) is 0 Å². The van der Waals surface area contributed by atoms with Crippen molar-refractivity contribution in [1.29, 1.82) is 0 Å². The van der Waals surface area contributed by atoms with Crippen LogP contribution in [0.25, 0.3) is 22.0 Å². The number of thiocarbonyl (C=S) groups is 1. The largest absolute Gasteiger partial charge is 0.389 e. The van der Waals surface area contributed by atoms with Gasteiger partial charge in [-0.2, -0.15) is 0 Å². The zero-order chi connectivity index (χ0) is 14.8. The summed E-state index contributed by atoms with van der Waals surface area (Å²) < 4.78 is 0. The van der Waals surface area contributed by atoms with Crippen molar-refractivity contribution < 1.29 is 0 Å². The molecule has 4 N–H and O–H groups in total. The Morgan fingerprint density at radius 2 is 2.10 bits per heavy atom. The number of nitrogens with two attached hydrogens (primary N) is 1. The molecule has 0 saturated heterocycles. The number of H-pyrrole nitrogens is 1. The first kappa shape index (κ1) is 13.8. The Morgan fingerprint density at radius 3 is 2.86 bits per heavy atom. The van der Waals surface area contributed by atoms with Gasteiger partial charge in [-0.05, 0) is 30.3 Å². The van der Waals surface area contributed by atoms with Gasteiger partial charge in [0.2, 0.25) is 0 Å². The van der Waals surface area contributed by atoms with Gasteiger partial charge in [-0.25, -0.2) is 0 Å². The Hall–Kier alpha value is -2.17. The average molecular weight is 295 g/mol. The predicted molar refractivity (Wildman–Crippen MR) is 92.4 cm³/mol. The SMILES string of the molecule is CNCc1ccc2c(-c3cccc(C(N)=S)c3)c[nH]c2c1. The van der Waals surface area contributed by atoms with E-state index >= 15 is 0 Å². The van der Waals surface area contributed by atoms with E-state index in [0.717, 1.165) is 23.2 Å². The molecule has 0 spiro atoms. The van der Waals surface area contributed by atoms with Crippen LogP contribution < -0.4 is 11.1 Å². The van der Waals surface area contributed by atoms with Crippen LogP contribution in [-0.2, 0) is 6.54 Å². The second-order valence-corrected chi connectivity index (χ2v) is 5.50. The topological polar surface area (TPSA) is 53.8 Å². The molecule has 4 heteroatoms. The quantitative estimate of drug-likeness (QED) is 0.648. The van der Waals surface area contributed by atoms with E-state index in [0.29, 0.717) is 4.99 Å². The Labute approximate surface area is 129 Å². The number of nitrogens with one attached hydrogen (secondary N) is 2. The van der Waals surface area contributed by atoms with Gasteiger partial charge in [0.05, 0.1) is 0 Å². The third-order valence-corrected chi connectivity index (χ3v) is 3.82. The summed E-state index contributed by atoms with van der Waals surface area (Å²) in [6, 6.07) is 14.5. The summed E-state index contributed by atoms with van der Waals surface area (Å²) in [7, 11) is 1.95. The molecule has 1 aromatic heterocycles. The van der Waals surface area contributed by atoms with Crippen molar-refractivity contribution in [3.05, 3.63) is 59.8 Å². The molecule has 3 rings (SSSR count). The molecule has 0 aliphatic carbocycles. The molecule has 106 valence electrons. The van der Waals surface area contributed by atoms with E-state index in [2.05, 4.69) is 34.6 Å². The van der Waals surface area contributed by atoms with E-state index in [1.165, 1.54) is 16.5 Å². The molecule has 0 saturated carbocycles. The predicted octanol–water partition coefficient (Wildman–Crippen LogP) is 3.19. The first-order valence-corrected chi connectivity index (χ1v) is 7.24. The zero-order valence-electron chi connectivity index (χ0n) is 11.8. The third-order valence-electron chi connectivity index (χ3n) is 3.59. The van der Waals surface area contributed by atoms with Gasteiger partial charge in [0.15, 0.2) is 0 Å². The maximum absolute atomic E-state index is 5.72. The van der Waals surface area contributed by atoms with Gasteiger partial charge >= 0.3 is 0 Å². The highest BCUT2D eigenvalue weighted by Gasteiger charge is 2.08. The van der Waals surface area contributed by atoms with Gasteiger partial charge in [0.25, 0.3) is 0 Å². The van der Waals surface area contributed by atoms with Crippen LogP contribution in [0.1, 0.15) is 11.1 Å². The summed E-state index contributed by atoms with van der Waals surface area (Å²) in [6.45, 7) is 0.862. The highest BCUT2D eigenvalue weighted by Crippen LogP contribution is 2.29. The molecule has 1 heterocycles. The summed E-state index contributed by atoms with van der Waals surface area (Å²) in [5.41, 5.74) is 11.3. The average Bonchev–Trinajstić information content (AvgIpc) is 2.91. The lowest BCUT2D eigenvalue weighted by molar-refractivity contribution is 0.819. The summed E-state index contributed by atoms with van der Waals surface area (Å²) in [4.78, 5) is 3.77. The fraction of sp³-hybridized carbons (Fsp3) is 0.118. The van der Waals surface area contributed by atoms with E-state index in [1.54, 1.807) is 0 Å². The third kappa shape index (κ3) is 2.68. The van der Waals surface area contributed by atoms with E-state index in [9.17, 15) is 0 Å². The number of aromatic amines is 1. The smallest absolute Gasteiger partial charge is 0.104 e. The van der Waals surface area contributed by atoms with Crippen LogP contribution >= 0.6 is 12.2 Å². The monoisotopic (exact) mass is 295 g/mol. The second-order valence-electron chi connectivity index (χ2n) is 5.06. The van der Waals surface area contributed by atoms with Crippen molar-refractivity contribution in [3.8, 4) is 11.1 Å². The second kappa shape index (κ2) is 5.68. The first-order valence-electron chi connectivity index (χ1n) is 6.84. The Morgan fingerprint density at radius 1 is 1.24 bits per heavy atom. The molecule has 21 heavy (non-hydrogen) atoms. The van der Waals surface area contributed by atoms with Crippen molar-refractivity contribution in [3.63, 3.8) is 0 Å². The molecule has 0 aliphatic heterocycles. The van der Waals surface area contributed by atoms with E-state index < -0.39 is 0 Å². The minimum absolute atomic E-state index is 0.424. The lowest BCUT2D eigenvalue weighted by atomic mass is 10.0. The lowest BCUT2D eigenvalue weighted by Gasteiger charge is -2.04. The summed E-state index contributed by atoms with van der Waals surface area (Å²) >= 11 is 5.06. The highest BCUT2D eigenvalue weighted by molar-refractivity contribution is 7.80. The Bertz CT molecular complexity index is 805. The standard InChI is InChI=1S/C17H17N3S/c1-19-9-11-5-6-14-15(10-20-16(14)7-11)12-3-2-4-13(8-12)17(18)21/h2-8,10,19-20H,9H2,1H3,(H2,18,21). The summed E-state index contributed by atoms with van der Waals surface area (Å²) in [5.74, 6) is 0. The van der Waals surface area contributed by atoms with E-state index in [1.807, 2.05) is 31.4 Å². The van der Waals surface area contributed by atoms with Crippen LogP contribution in [0.5, 0.6) is 0 Å². The van der Waals surface area contributed by atoms with Crippen molar-refractivity contribution in [2.45, 2.75) is 6.54 Å². The lowest BCUT2D eigenvalue weighted by Crippen LogP contribution is -2.08. The van der Waals surface area contributed by atoms with Crippen molar-refractivity contribution in [1.82, 2.24) is 10.3 Å². The molecular weight excluding hydrogens is 278 g/mol. The molecular formula is C17H17N3S. The number of hydrogen-bond donors (Lipinski definition) is 3. The molecule has 0 radical (unpaired) electrons. The Kier molecular flexibility index (Phi) is 3.73. The molecule has 3 nitrogen and oxygen atoms in total. The first-order chi connectivity index (χ1) is 10.2. The fourth-order valence-corrected chi connectivity index (χ4v) is 2.69. The highest BCUT2D eigenvalue weighted by atomic mass is 32.1. The number of hydrogen-bond acceptors (Lipinski definition) is 2. The van der Waals surface area contributed by atoms with Crippen LogP contribution in [0.15, 0.2) is 48.7 Å². The molecule has 0 unspecified atom stereocenters. The van der Waals surface area contributed by atoms with E-state index in [4.69, 9.17) is 18.0 Å². The number of benzene rings is 2. The molecule has 2 aromatic carbocycles. The van der Waals surface area contributed by atoms with Crippen LogP contribution in [-0.4, -0.2) is 17.0 Å². The van der Waals surface area contributed by atoms with Crippen molar-refractivity contribution >= 4 is 28.1 Å². The van der Waals surface area contributed by atoms with Crippen LogP contribution in [0, 0.1) is 0 Å².